The molecule has 1 aromatic carbocycles. The molecule has 3 heterocycles. The van der Waals surface area contributed by atoms with E-state index in [1.54, 1.807) is 17.5 Å². The number of anilines is 2. The third-order valence-corrected chi connectivity index (χ3v) is 6.75. The fraction of sp³-hybridized carbons (Fsp3) is 0.261. The zero-order valence-electron chi connectivity index (χ0n) is 17.1. The number of aromatic nitrogens is 4. The number of ketones is 1. The second-order valence-electron chi connectivity index (χ2n) is 7.81. The zero-order valence-corrected chi connectivity index (χ0v) is 17.9. The summed E-state index contributed by atoms with van der Waals surface area (Å²) in [6.07, 6.45) is 2.86. The fourth-order valence-corrected chi connectivity index (χ4v) is 4.76. The maximum atomic E-state index is 12.6. The lowest BCUT2D eigenvalue weighted by Gasteiger charge is -2.22. The second kappa shape index (κ2) is 7.25. The number of carbonyl (C=O) groups is 1. The van der Waals surface area contributed by atoms with Gasteiger partial charge in [0.25, 0.3) is 0 Å². The van der Waals surface area contributed by atoms with Crippen LogP contribution >= 0.6 is 11.3 Å². The lowest BCUT2D eigenvalue weighted by atomic mass is 9.86. The number of nitrogens with zero attached hydrogens (tertiary/aromatic N) is 4. The topological polar surface area (TPSA) is 80.7 Å². The van der Waals surface area contributed by atoms with Crippen LogP contribution in [0.2, 0.25) is 0 Å². The molecule has 150 valence electrons. The van der Waals surface area contributed by atoms with Crippen molar-refractivity contribution in [1.82, 2.24) is 19.9 Å². The summed E-state index contributed by atoms with van der Waals surface area (Å²) in [7, 11) is 0. The molecule has 0 fully saturated rings. The van der Waals surface area contributed by atoms with E-state index in [-0.39, 0.29) is 11.7 Å². The predicted octanol–water partition coefficient (Wildman–Crippen LogP) is 5.06. The van der Waals surface area contributed by atoms with E-state index in [9.17, 15) is 4.79 Å². The second-order valence-corrected chi connectivity index (χ2v) is 8.79. The van der Waals surface area contributed by atoms with Crippen molar-refractivity contribution in [1.29, 1.82) is 0 Å². The van der Waals surface area contributed by atoms with Crippen molar-refractivity contribution in [3.8, 4) is 0 Å². The van der Waals surface area contributed by atoms with Crippen molar-refractivity contribution in [2.45, 2.75) is 39.5 Å². The summed E-state index contributed by atoms with van der Waals surface area (Å²) in [5.41, 5.74) is 5.60. The molecule has 0 saturated carbocycles. The summed E-state index contributed by atoms with van der Waals surface area (Å²) in [5, 5.41) is 6.22. The Bertz CT molecular complexity index is 1280. The number of aryl methyl sites for hydroxylation is 3. The van der Waals surface area contributed by atoms with E-state index < -0.39 is 0 Å². The Labute approximate surface area is 178 Å². The highest BCUT2D eigenvalue weighted by molar-refractivity contribution is 7.10. The van der Waals surface area contributed by atoms with Gasteiger partial charge in [-0.15, -0.1) is 11.3 Å². The first kappa shape index (κ1) is 18.8. The molecule has 7 heteroatoms. The van der Waals surface area contributed by atoms with E-state index in [1.165, 1.54) is 16.0 Å². The van der Waals surface area contributed by atoms with Gasteiger partial charge in [0.1, 0.15) is 0 Å². The number of benzene rings is 1. The van der Waals surface area contributed by atoms with Crippen LogP contribution < -0.4 is 5.32 Å². The quantitative estimate of drug-likeness (QED) is 0.504. The lowest BCUT2D eigenvalue weighted by Crippen LogP contribution is -2.20. The van der Waals surface area contributed by atoms with E-state index >= 15 is 0 Å². The van der Waals surface area contributed by atoms with Gasteiger partial charge in [-0.25, -0.2) is 19.9 Å². The number of hydrogen-bond acceptors (Lipinski definition) is 7. The molecule has 6 nitrogen and oxygen atoms in total. The molecule has 0 unspecified atom stereocenters. The molecular formula is C23H21N5OS. The SMILES string of the molecule is Cc1cc2nc(Nc3ncc4c(n3)C[C@H](c3cccs3)CC4=O)nc(C)c2cc1C. The summed E-state index contributed by atoms with van der Waals surface area (Å²) < 4.78 is 0. The van der Waals surface area contributed by atoms with E-state index in [1.807, 2.05) is 18.4 Å². The summed E-state index contributed by atoms with van der Waals surface area (Å²) in [5.74, 6) is 1.15. The average molecular weight is 416 g/mol. The minimum absolute atomic E-state index is 0.102. The molecule has 1 N–H and O–H groups in total. The van der Waals surface area contributed by atoms with Crippen LogP contribution in [0.4, 0.5) is 11.9 Å². The lowest BCUT2D eigenvalue weighted by molar-refractivity contribution is 0.0963. The van der Waals surface area contributed by atoms with Gasteiger partial charge >= 0.3 is 0 Å². The summed E-state index contributed by atoms with van der Waals surface area (Å²) >= 11 is 1.69. The summed E-state index contributed by atoms with van der Waals surface area (Å²) in [6.45, 7) is 6.14. The maximum Gasteiger partial charge on any atom is 0.230 e. The maximum absolute atomic E-state index is 12.6. The van der Waals surface area contributed by atoms with E-state index in [4.69, 9.17) is 0 Å². The highest BCUT2D eigenvalue weighted by Crippen LogP contribution is 2.34. The smallest absolute Gasteiger partial charge is 0.230 e. The van der Waals surface area contributed by atoms with Crippen LogP contribution in [0.15, 0.2) is 35.8 Å². The van der Waals surface area contributed by atoms with E-state index in [0.29, 0.717) is 23.9 Å². The van der Waals surface area contributed by atoms with Crippen molar-refractivity contribution < 1.29 is 4.79 Å². The highest BCUT2D eigenvalue weighted by Gasteiger charge is 2.28. The summed E-state index contributed by atoms with van der Waals surface area (Å²) in [4.78, 5) is 32.0. The Kier molecular flexibility index (Phi) is 4.55. The summed E-state index contributed by atoms with van der Waals surface area (Å²) in [6, 6.07) is 8.30. The van der Waals surface area contributed by atoms with Gasteiger partial charge in [-0.3, -0.25) is 10.1 Å². The van der Waals surface area contributed by atoms with E-state index in [0.717, 1.165) is 28.7 Å². The van der Waals surface area contributed by atoms with Crippen LogP contribution in [0.25, 0.3) is 10.9 Å². The van der Waals surface area contributed by atoms with Crippen molar-refractivity contribution >= 4 is 39.9 Å². The number of nitrogens with one attached hydrogen (secondary N) is 1. The third-order valence-electron chi connectivity index (χ3n) is 5.71. The molecule has 0 radical (unpaired) electrons. The first-order valence-corrected chi connectivity index (χ1v) is 10.8. The van der Waals surface area contributed by atoms with Gasteiger partial charge in [-0.1, -0.05) is 6.07 Å². The van der Waals surface area contributed by atoms with Crippen molar-refractivity contribution in [2.75, 3.05) is 5.32 Å². The van der Waals surface area contributed by atoms with Crippen LogP contribution in [0, 0.1) is 20.8 Å². The van der Waals surface area contributed by atoms with Crippen molar-refractivity contribution in [3.63, 3.8) is 0 Å². The number of Topliss-reactive ketones (excluding diaryl/α,β-unsaturated/α-hetero) is 1. The molecule has 3 aromatic heterocycles. The largest absolute Gasteiger partial charge is 0.294 e. The molecule has 0 saturated heterocycles. The highest BCUT2D eigenvalue weighted by atomic mass is 32.1. The van der Waals surface area contributed by atoms with Crippen LogP contribution in [-0.2, 0) is 6.42 Å². The average Bonchev–Trinajstić information content (AvgIpc) is 3.24. The zero-order chi connectivity index (χ0) is 20.8. The Morgan fingerprint density at radius 3 is 2.67 bits per heavy atom. The number of hydrogen-bond donors (Lipinski definition) is 1. The van der Waals surface area contributed by atoms with Gasteiger partial charge in [0, 0.05) is 28.8 Å². The van der Waals surface area contributed by atoms with Gasteiger partial charge in [-0.2, -0.15) is 0 Å². The Balaban J connectivity index is 1.47. The van der Waals surface area contributed by atoms with Crippen LogP contribution in [0.3, 0.4) is 0 Å². The Morgan fingerprint density at radius 2 is 1.87 bits per heavy atom. The van der Waals surface area contributed by atoms with Crippen LogP contribution in [0.5, 0.6) is 0 Å². The van der Waals surface area contributed by atoms with E-state index in [2.05, 4.69) is 57.3 Å². The van der Waals surface area contributed by atoms with Gasteiger partial charge in [0.15, 0.2) is 5.78 Å². The molecule has 0 spiro atoms. The molecule has 5 rings (SSSR count). The monoisotopic (exact) mass is 415 g/mol. The molecule has 0 amide bonds. The number of rotatable bonds is 3. The first-order chi connectivity index (χ1) is 14.5. The van der Waals surface area contributed by atoms with Gasteiger partial charge in [0.05, 0.1) is 22.5 Å². The number of carbonyl (C=O) groups excluding carboxylic acids is 1. The molecule has 30 heavy (non-hydrogen) atoms. The molecule has 1 aliphatic carbocycles. The minimum atomic E-state index is 0.102. The molecular weight excluding hydrogens is 394 g/mol. The van der Waals surface area contributed by atoms with Crippen molar-refractivity contribution in [3.05, 3.63) is 68.8 Å². The number of fused-ring (bicyclic) bond motifs is 2. The van der Waals surface area contributed by atoms with Gasteiger partial charge in [-0.05, 0) is 61.9 Å². The van der Waals surface area contributed by atoms with Crippen molar-refractivity contribution in [2.24, 2.45) is 0 Å². The molecule has 0 aliphatic heterocycles. The fourth-order valence-electron chi connectivity index (χ4n) is 3.93. The third kappa shape index (κ3) is 3.35. The molecule has 1 aliphatic rings. The normalized spacial score (nSPS) is 16.0. The Hall–Kier alpha value is -3.19. The minimum Gasteiger partial charge on any atom is -0.294 e. The standard InChI is InChI=1S/C23H21N5OS/c1-12-7-16-14(3)25-23(27-18(16)8-13(12)2)28-22-24-11-17-19(26-22)9-15(10-20(17)29)21-5-4-6-30-21/h4-8,11,15H,9-10H2,1-3H3,(H,24,25,26,27,28)/t15-/m0/s1. The molecule has 4 aromatic rings. The number of thiophene rings is 1. The first-order valence-electron chi connectivity index (χ1n) is 9.93. The van der Waals surface area contributed by atoms with Crippen LogP contribution in [0.1, 0.15) is 50.1 Å². The van der Waals surface area contributed by atoms with Crippen LogP contribution in [-0.4, -0.2) is 25.7 Å². The van der Waals surface area contributed by atoms with Gasteiger partial charge in [0.2, 0.25) is 11.9 Å². The predicted molar refractivity (Wildman–Crippen MR) is 119 cm³/mol. The molecule has 1 atom stereocenters. The van der Waals surface area contributed by atoms with Gasteiger partial charge < -0.3 is 0 Å². The Morgan fingerprint density at radius 1 is 1.03 bits per heavy atom. The molecule has 0 bridgehead atoms.